The molecule has 2 nitrogen and oxygen atoms in total. The zero-order valence-electron chi connectivity index (χ0n) is 18.6. The Balaban J connectivity index is 1.74. The molecule has 0 fully saturated rings. The second-order valence-electron chi connectivity index (χ2n) is 9.43. The van der Waals surface area contributed by atoms with Crippen molar-refractivity contribution in [3.63, 3.8) is 0 Å². The average molecular weight is 404 g/mol. The monoisotopic (exact) mass is 403 g/mol. The first kappa shape index (κ1) is 18.4. The van der Waals surface area contributed by atoms with Gasteiger partial charge in [-0.25, -0.2) is 0 Å². The molecule has 152 valence electrons. The molecule has 1 aliphatic carbocycles. The SMILES string of the molecule is Cc1cnc(-c2c(C)ccc3c2oc2c4c(ccc23)C(C)(C)c2ccccc2-4)cc1C. The number of nitrogens with zero attached hydrogens (tertiary/aromatic N) is 1. The Hall–Kier alpha value is -3.39. The van der Waals surface area contributed by atoms with E-state index in [1.807, 2.05) is 6.20 Å². The van der Waals surface area contributed by atoms with Crippen LogP contribution in [0.25, 0.3) is 44.3 Å². The van der Waals surface area contributed by atoms with Crippen LogP contribution in [0, 0.1) is 20.8 Å². The van der Waals surface area contributed by atoms with E-state index in [-0.39, 0.29) is 5.41 Å². The molecule has 2 heteroatoms. The quantitative estimate of drug-likeness (QED) is 0.284. The lowest BCUT2D eigenvalue weighted by Crippen LogP contribution is -2.14. The number of fused-ring (bicyclic) bond motifs is 7. The molecule has 2 heterocycles. The van der Waals surface area contributed by atoms with Crippen molar-refractivity contribution in [1.82, 2.24) is 4.98 Å². The molecule has 0 bridgehead atoms. The number of hydrogen-bond donors (Lipinski definition) is 0. The number of aryl methyl sites for hydroxylation is 3. The predicted molar refractivity (Wildman–Crippen MR) is 129 cm³/mol. The van der Waals surface area contributed by atoms with E-state index in [9.17, 15) is 0 Å². The number of rotatable bonds is 1. The van der Waals surface area contributed by atoms with E-state index in [0.717, 1.165) is 27.8 Å². The lowest BCUT2D eigenvalue weighted by molar-refractivity contribution is 0.653. The Morgan fingerprint density at radius 3 is 2.19 bits per heavy atom. The Labute approximate surface area is 182 Å². The van der Waals surface area contributed by atoms with Crippen molar-refractivity contribution < 1.29 is 4.42 Å². The molecule has 0 unspecified atom stereocenters. The van der Waals surface area contributed by atoms with Gasteiger partial charge in [0.1, 0.15) is 11.2 Å². The summed E-state index contributed by atoms with van der Waals surface area (Å²) in [7, 11) is 0. The second kappa shape index (κ2) is 6.07. The average Bonchev–Trinajstić information content (AvgIpc) is 3.23. The zero-order valence-corrected chi connectivity index (χ0v) is 18.6. The van der Waals surface area contributed by atoms with Crippen LogP contribution in [0.4, 0.5) is 0 Å². The van der Waals surface area contributed by atoms with Gasteiger partial charge >= 0.3 is 0 Å². The molecule has 0 saturated carbocycles. The summed E-state index contributed by atoms with van der Waals surface area (Å²) in [5.41, 5.74) is 12.8. The van der Waals surface area contributed by atoms with Gasteiger partial charge in [0.15, 0.2) is 0 Å². The van der Waals surface area contributed by atoms with Crippen LogP contribution in [0.5, 0.6) is 0 Å². The molecule has 31 heavy (non-hydrogen) atoms. The van der Waals surface area contributed by atoms with Gasteiger partial charge in [0.25, 0.3) is 0 Å². The minimum absolute atomic E-state index is 0.0343. The maximum absolute atomic E-state index is 6.74. The number of pyridine rings is 1. The first-order valence-electron chi connectivity index (χ1n) is 10.9. The molecular weight excluding hydrogens is 378 g/mol. The molecule has 0 N–H and O–H groups in total. The van der Waals surface area contributed by atoms with Crippen molar-refractivity contribution in [1.29, 1.82) is 0 Å². The van der Waals surface area contributed by atoms with Crippen molar-refractivity contribution >= 4 is 21.9 Å². The lowest BCUT2D eigenvalue weighted by Gasteiger charge is -2.21. The third-order valence-electron chi connectivity index (χ3n) is 7.19. The summed E-state index contributed by atoms with van der Waals surface area (Å²) in [4.78, 5) is 4.76. The molecule has 0 radical (unpaired) electrons. The van der Waals surface area contributed by atoms with E-state index in [0.29, 0.717) is 0 Å². The Morgan fingerprint density at radius 2 is 1.42 bits per heavy atom. The fourth-order valence-electron chi connectivity index (χ4n) is 5.26. The summed E-state index contributed by atoms with van der Waals surface area (Å²) in [5.74, 6) is 0. The second-order valence-corrected chi connectivity index (χ2v) is 9.43. The summed E-state index contributed by atoms with van der Waals surface area (Å²) in [6.07, 6.45) is 1.96. The fraction of sp³-hybridized carbons (Fsp3) is 0.207. The molecule has 0 saturated heterocycles. The Bertz CT molecular complexity index is 1530. The van der Waals surface area contributed by atoms with Gasteiger partial charge in [-0.05, 0) is 60.2 Å². The summed E-state index contributed by atoms with van der Waals surface area (Å²) in [6.45, 7) is 11.0. The van der Waals surface area contributed by atoms with Crippen molar-refractivity contribution in [2.75, 3.05) is 0 Å². The molecule has 0 amide bonds. The highest BCUT2D eigenvalue weighted by atomic mass is 16.3. The van der Waals surface area contributed by atoms with Crippen molar-refractivity contribution in [3.8, 4) is 22.4 Å². The molecule has 0 aliphatic heterocycles. The molecule has 0 spiro atoms. The normalized spacial score (nSPS) is 14.2. The summed E-state index contributed by atoms with van der Waals surface area (Å²) in [5, 5.41) is 2.33. The minimum Gasteiger partial charge on any atom is -0.455 e. The van der Waals surface area contributed by atoms with E-state index in [1.165, 1.54) is 44.3 Å². The smallest absolute Gasteiger partial charge is 0.145 e. The molecule has 1 aliphatic rings. The van der Waals surface area contributed by atoms with E-state index < -0.39 is 0 Å². The van der Waals surface area contributed by atoms with Crippen LogP contribution in [-0.2, 0) is 5.41 Å². The molecule has 5 aromatic rings. The molecule has 6 rings (SSSR count). The minimum atomic E-state index is -0.0343. The summed E-state index contributed by atoms with van der Waals surface area (Å²) < 4.78 is 6.74. The van der Waals surface area contributed by atoms with Gasteiger partial charge in [-0.15, -0.1) is 0 Å². The number of benzene rings is 3. The highest BCUT2D eigenvalue weighted by Crippen LogP contribution is 2.52. The Kier molecular flexibility index (Phi) is 3.60. The molecule has 2 aromatic heterocycles. The molecule has 3 aromatic carbocycles. The maximum atomic E-state index is 6.74. The zero-order chi connectivity index (χ0) is 21.5. The van der Waals surface area contributed by atoms with Gasteiger partial charge in [0.2, 0.25) is 0 Å². The van der Waals surface area contributed by atoms with Crippen LogP contribution in [0.2, 0.25) is 0 Å². The number of hydrogen-bond acceptors (Lipinski definition) is 2. The highest BCUT2D eigenvalue weighted by Gasteiger charge is 2.37. The molecular formula is C29H25NO. The summed E-state index contributed by atoms with van der Waals surface area (Å²) >= 11 is 0. The van der Waals surface area contributed by atoms with Gasteiger partial charge in [0.05, 0.1) is 5.69 Å². The molecule has 0 atom stereocenters. The largest absolute Gasteiger partial charge is 0.455 e. The number of furan rings is 1. The van der Waals surface area contributed by atoms with Crippen LogP contribution in [-0.4, -0.2) is 4.98 Å². The van der Waals surface area contributed by atoms with Crippen LogP contribution in [0.3, 0.4) is 0 Å². The van der Waals surface area contributed by atoms with Gasteiger partial charge in [0, 0.05) is 33.5 Å². The van der Waals surface area contributed by atoms with E-state index in [1.54, 1.807) is 0 Å². The van der Waals surface area contributed by atoms with E-state index >= 15 is 0 Å². The van der Waals surface area contributed by atoms with Gasteiger partial charge in [-0.3, -0.25) is 4.98 Å². The standard InChI is InChI=1S/C29H25NO/c1-16-10-11-19-20-12-13-23-26(21-8-6-7-9-22(21)29(23,4)5)28(20)31-27(19)25(16)24-14-17(2)18(3)15-30-24/h6-15H,1-5H3. The van der Waals surface area contributed by atoms with Crippen LogP contribution >= 0.6 is 0 Å². The van der Waals surface area contributed by atoms with Gasteiger partial charge in [-0.2, -0.15) is 0 Å². The van der Waals surface area contributed by atoms with E-state index in [4.69, 9.17) is 9.40 Å². The first-order chi connectivity index (χ1) is 14.9. The third kappa shape index (κ3) is 2.36. The fourth-order valence-corrected chi connectivity index (χ4v) is 5.26. The topological polar surface area (TPSA) is 26.0 Å². The van der Waals surface area contributed by atoms with Crippen molar-refractivity contribution in [2.45, 2.75) is 40.0 Å². The lowest BCUT2D eigenvalue weighted by atomic mass is 9.82. The van der Waals surface area contributed by atoms with Gasteiger partial charge in [-0.1, -0.05) is 62.4 Å². The van der Waals surface area contributed by atoms with Crippen LogP contribution in [0.15, 0.2) is 65.2 Å². The van der Waals surface area contributed by atoms with E-state index in [2.05, 4.69) is 89.2 Å². The first-order valence-corrected chi connectivity index (χ1v) is 10.9. The van der Waals surface area contributed by atoms with Crippen molar-refractivity contribution in [3.05, 3.63) is 88.6 Å². The maximum Gasteiger partial charge on any atom is 0.145 e. The predicted octanol–water partition coefficient (Wildman–Crippen LogP) is 7.88. The summed E-state index contributed by atoms with van der Waals surface area (Å²) in [6, 6.07) is 19.8. The van der Waals surface area contributed by atoms with Crippen LogP contribution in [0.1, 0.15) is 41.7 Å². The van der Waals surface area contributed by atoms with Crippen molar-refractivity contribution in [2.24, 2.45) is 0 Å². The third-order valence-corrected chi connectivity index (χ3v) is 7.19. The van der Waals surface area contributed by atoms with Crippen LogP contribution < -0.4 is 0 Å². The number of aromatic nitrogens is 1. The highest BCUT2D eigenvalue weighted by molar-refractivity contribution is 6.14. The van der Waals surface area contributed by atoms with Gasteiger partial charge < -0.3 is 4.42 Å². The Morgan fingerprint density at radius 1 is 0.710 bits per heavy atom.